The standard InChI is InChI=1S/C17H17ClN4O4S2/c18-13-3-1-2-4-14(13)28(25,26)21-7-5-20(6-8-21)15(23)12-11-19-17-22(16(12)24)9-10-27-17/h1-4,11H,5-10H2. The molecule has 28 heavy (non-hydrogen) atoms. The summed E-state index contributed by atoms with van der Waals surface area (Å²) in [5.41, 5.74) is -0.320. The Kier molecular flexibility index (Phi) is 5.21. The lowest BCUT2D eigenvalue weighted by Crippen LogP contribution is -2.51. The van der Waals surface area contributed by atoms with E-state index in [1.54, 1.807) is 12.1 Å². The van der Waals surface area contributed by atoms with E-state index in [1.165, 1.54) is 43.9 Å². The second-order valence-corrected chi connectivity index (χ2v) is 9.76. The lowest BCUT2D eigenvalue weighted by molar-refractivity contribution is 0.0694. The number of benzene rings is 1. The lowest BCUT2D eigenvalue weighted by Gasteiger charge is -2.34. The van der Waals surface area contributed by atoms with Crippen molar-refractivity contribution in [3.63, 3.8) is 0 Å². The SMILES string of the molecule is O=C(c1cnc2n(c1=O)CCS2)N1CCN(S(=O)(=O)c2ccccc2Cl)CC1. The van der Waals surface area contributed by atoms with Crippen molar-refractivity contribution in [1.82, 2.24) is 18.8 Å². The third kappa shape index (κ3) is 3.34. The molecular formula is C17H17ClN4O4S2. The molecular weight excluding hydrogens is 424 g/mol. The largest absolute Gasteiger partial charge is 0.336 e. The normalized spacial score (nSPS) is 17.5. The zero-order valence-corrected chi connectivity index (χ0v) is 17.1. The molecule has 0 bridgehead atoms. The average molecular weight is 441 g/mol. The molecule has 148 valence electrons. The zero-order valence-electron chi connectivity index (χ0n) is 14.7. The number of halogens is 1. The van der Waals surface area contributed by atoms with Gasteiger partial charge in [-0.3, -0.25) is 14.2 Å². The van der Waals surface area contributed by atoms with E-state index >= 15 is 0 Å². The number of nitrogens with zero attached hydrogens (tertiary/aromatic N) is 4. The Labute approximate surface area is 171 Å². The van der Waals surface area contributed by atoms with E-state index < -0.39 is 15.9 Å². The van der Waals surface area contributed by atoms with Gasteiger partial charge < -0.3 is 4.90 Å². The predicted molar refractivity (Wildman–Crippen MR) is 105 cm³/mol. The molecule has 1 aromatic carbocycles. The summed E-state index contributed by atoms with van der Waals surface area (Å²) in [4.78, 5) is 31.0. The van der Waals surface area contributed by atoms with Crippen LogP contribution in [0.5, 0.6) is 0 Å². The number of fused-ring (bicyclic) bond motifs is 1. The molecule has 11 heteroatoms. The van der Waals surface area contributed by atoms with Crippen LogP contribution in [0, 0.1) is 0 Å². The monoisotopic (exact) mass is 440 g/mol. The molecule has 0 saturated carbocycles. The van der Waals surface area contributed by atoms with Crippen LogP contribution in [0.3, 0.4) is 0 Å². The van der Waals surface area contributed by atoms with Crippen LogP contribution in [0.2, 0.25) is 5.02 Å². The molecule has 2 aliphatic rings. The first-order valence-electron chi connectivity index (χ1n) is 8.66. The summed E-state index contributed by atoms with van der Waals surface area (Å²) in [6.45, 7) is 1.19. The van der Waals surface area contributed by atoms with Crippen LogP contribution in [0.15, 0.2) is 45.3 Å². The van der Waals surface area contributed by atoms with Gasteiger partial charge in [0.1, 0.15) is 10.5 Å². The molecule has 1 amide bonds. The predicted octanol–water partition coefficient (Wildman–Crippen LogP) is 1.15. The highest BCUT2D eigenvalue weighted by atomic mass is 35.5. The fraction of sp³-hybridized carbons (Fsp3) is 0.353. The molecule has 0 spiro atoms. The molecule has 0 radical (unpaired) electrons. The highest BCUT2D eigenvalue weighted by Crippen LogP contribution is 2.25. The maximum absolute atomic E-state index is 12.8. The molecule has 0 N–H and O–H groups in total. The highest BCUT2D eigenvalue weighted by Gasteiger charge is 2.32. The Morgan fingerprint density at radius 2 is 1.82 bits per heavy atom. The van der Waals surface area contributed by atoms with Crippen LogP contribution < -0.4 is 5.56 Å². The first-order chi connectivity index (χ1) is 13.4. The number of rotatable bonds is 3. The quantitative estimate of drug-likeness (QED) is 0.665. The third-order valence-corrected chi connectivity index (χ3v) is 8.14. The second kappa shape index (κ2) is 7.51. The summed E-state index contributed by atoms with van der Waals surface area (Å²) in [7, 11) is -3.74. The van der Waals surface area contributed by atoms with Crippen LogP contribution in [-0.4, -0.2) is 65.0 Å². The van der Waals surface area contributed by atoms with E-state index in [2.05, 4.69) is 4.98 Å². The number of amides is 1. The van der Waals surface area contributed by atoms with E-state index in [0.717, 1.165) is 5.75 Å². The fourth-order valence-corrected chi connectivity index (χ4v) is 6.09. The minimum Gasteiger partial charge on any atom is -0.336 e. The summed E-state index contributed by atoms with van der Waals surface area (Å²) < 4.78 is 28.4. The van der Waals surface area contributed by atoms with Gasteiger partial charge in [-0.1, -0.05) is 35.5 Å². The second-order valence-electron chi connectivity index (χ2n) is 6.39. The van der Waals surface area contributed by atoms with Gasteiger partial charge in [-0.05, 0) is 12.1 Å². The van der Waals surface area contributed by atoms with Crippen molar-refractivity contribution in [2.24, 2.45) is 0 Å². The Morgan fingerprint density at radius 1 is 1.11 bits per heavy atom. The van der Waals surface area contributed by atoms with Crippen molar-refractivity contribution in [3.05, 3.63) is 51.4 Å². The highest BCUT2D eigenvalue weighted by molar-refractivity contribution is 7.99. The smallest absolute Gasteiger partial charge is 0.267 e. The van der Waals surface area contributed by atoms with Crippen molar-refractivity contribution in [1.29, 1.82) is 0 Å². The van der Waals surface area contributed by atoms with Crippen LogP contribution in [0.1, 0.15) is 10.4 Å². The number of piperazine rings is 1. The van der Waals surface area contributed by atoms with Gasteiger partial charge in [0.05, 0.1) is 5.02 Å². The van der Waals surface area contributed by atoms with Gasteiger partial charge in [0, 0.05) is 44.7 Å². The van der Waals surface area contributed by atoms with E-state index in [9.17, 15) is 18.0 Å². The third-order valence-electron chi connectivity index (χ3n) is 4.77. The number of sulfonamides is 1. The van der Waals surface area contributed by atoms with Crippen LogP contribution in [-0.2, 0) is 16.6 Å². The van der Waals surface area contributed by atoms with E-state index in [0.29, 0.717) is 11.7 Å². The van der Waals surface area contributed by atoms with Gasteiger partial charge in [-0.15, -0.1) is 0 Å². The molecule has 0 atom stereocenters. The number of carbonyl (C=O) groups is 1. The van der Waals surface area contributed by atoms with Crippen LogP contribution in [0.25, 0.3) is 0 Å². The Balaban J connectivity index is 1.50. The fourth-order valence-electron chi connectivity index (χ4n) is 3.26. The van der Waals surface area contributed by atoms with Gasteiger partial charge in [0.15, 0.2) is 5.16 Å². The van der Waals surface area contributed by atoms with Gasteiger partial charge in [-0.2, -0.15) is 4.31 Å². The van der Waals surface area contributed by atoms with Crippen LogP contribution >= 0.6 is 23.4 Å². The van der Waals surface area contributed by atoms with Gasteiger partial charge in [0.2, 0.25) is 10.0 Å². The molecule has 2 aromatic rings. The molecule has 0 aliphatic carbocycles. The summed E-state index contributed by atoms with van der Waals surface area (Å²) in [5, 5.41) is 0.785. The number of carbonyl (C=O) groups excluding carboxylic acids is 1. The molecule has 8 nitrogen and oxygen atoms in total. The Morgan fingerprint density at radius 3 is 2.54 bits per heavy atom. The van der Waals surface area contributed by atoms with Crippen molar-refractivity contribution in [3.8, 4) is 0 Å². The Bertz CT molecular complexity index is 1090. The number of aromatic nitrogens is 2. The molecule has 1 saturated heterocycles. The van der Waals surface area contributed by atoms with Crippen molar-refractivity contribution < 1.29 is 13.2 Å². The molecule has 2 aliphatic heterocycles. The van der Waals surface area contributed by atoms with Crippen molar-refractivity contribution >= 4 is 39.3 Å². The minimum atomic E-state index is -3.74. The molecule has 1 aromatic heterocycles. The zero-order chi connectivity index (χ0) is 19.9. The summed E-state index contributed by atoms with van der Waals surface area (Å²) in [6.07, 6.45) is 1.32. The first kappa shape index (κ1) is 19.4. The minimum absolute atomic E-state index is 0.0219. The summed E-state index contributed by atoms with van der Waals surface area (Å²) >= 11 is 7.52. The van der Waals surface area contributed by atoms with Crippen LogP contribution in [0.4, 0.5) is 0 Å². The first-order valence-corrected chi connectivity index (χ1v) is 11.5. The van der Waals surface area contributed by atoms with E-state index in [4.69, 9.17) is 11.6 Å². The van der Waals surface area contributed by atoms with E-state index in [-0.39, 0.29) is 47.2 Å². The molecule has 1 fully saturated rings. The van der Waals surface area contributed by atoms with Gasteiger partial charge in [-0.25, -0.2) is 13.4 Å². The summed E-state index contributed by atoms with van der Waals surface area (Å²) in [5.74, 6) is 0.345. The van der Waals surface area contributed by atoms with E-state index in [1.807, 2.05) is 0 Å². The van der Waals surface area contributed by atoms with Crippen molar-refractivity contribution in [2.45, 2.75) is 16.6 Å². The molecule has 0 unspecified atom stereocenters. The summed E-state index contributed by atoms with van der Waals surface area (Å²) in [6, 6.07) is 6.27. The Hall–Kier alpha value is -1.88. The van der Waals surface area contributed by atoms with Crippen molar-refractivity contribution in [2.75, 3.05) is 31.9 Å². The number of thioether (sulfide) groups is 1. The molecule has 4 rings (SSSR count). The van der Waals surface area contributed by atoms with Gasteiger partial charge in [0.25, 0.3) is 11.5 Å². The topological polar surface area (TPSA) is 92.6 Å². The number of hydrogen-bond donors (Lipinski definition) is 0. The maximum atomic E-state index is 12.8. The molecule has 3 heterocycles. The lowest BCUT2D eigenvalue weighted by atomic mass is 10.2. The average Bonchev–Trinajstić information content (AvgIpc) is 3.18. The number of hydrogen-bond acceptors (Lipinski definition) is 6. The maximum Gasteiger partial charge on any atom is 0.267 e. The van der Waals surface area contributed by atoms with Gasteiger partial charge >= 0.3 is 0 Å².